The molecule has 4 rings (SSSR count). The van der Waals surface area contributed by atoms with Crippen molar-refractivity contribution < 1.29 is 4.42 Å². The molecule has 1 aromatic carbocycles. The molecule has 4 nitrogen and oxygen atoms in total. The molecule has 114 valence electrons. The zero-order chi connectivity index (χ0) is 15.1. The number of nitrogens with zero attached hydrogens (tertiary/aromatic N) is 3. The van der Waals surface area contributed by atoms with Crippen LogP contribution in [0.5, 0.6) is 0 Å². The van der Waals surface area contributed by atoms with Crippen LogP contribution in [0.3, 0.4) is 0 Å². The maximum absolute atomic E-state index is 5.75. The van der Waals surface area contributed by atoms with Gasteiger partial charge in [0.15, 0.2) is 0 Å². The number of benzene rings is 1. The van der Waals surface area contributed by atoms with Crippen molar-refractivity contribution in [2.24, 2.45) is 7.05 Å². The maximum atomic E-state index is 5.75. The summed E-state index contributed by atoms with van der Waals surface area (Å²) in [6.45, 7) is 3.96. The number of fused-ring (bicyclic) bond motifs is 1. The second-order valence-electron chi connectivity index (χ2n) is 6.16. The van der Waals surface area contributed by atoms with Crippen molar-refractivity contribution in [1.82, 2.24) is 14.5 Å². The van der Waals surface area contributed by atoms with Crippen LogP contribution in [0, 0.1) is 6.92 Å². The summed E-state index contributed by atoms with van der Waals surface area (Å²) >= 11 is 0. The average Bonchev–Trinajstić information content (AvgIpc) is 3.21. The Kier molecular flexibility index (Phi) is 3.26. The summed E-state index contributed by atoms with van der Waals surface area (Å²) in [5.41, 5.74) is 2.29. The van der Waals surface area contributed by atoms with Crippen LogP contribution in [0.25, 0.3) is 11.0 Å². The highest BCUT2D eigenvalue weighted by molar-refractivity contribution is 5.75. The minimum Gasteiger partial charge on any atom is -0.465 e. The number of hydrogen-bond donors (Lipinski definition) is 0. The van der Waals surface area contributed by atoms with E-state index in [2.05, 4.69) is 46.8 Å². The van der Waals surface area contributed by atoms with E-state index in [9.17, 15) is 0 Å². The molecule has 4 heteroatoms. The van der Waals surface area contributed by atoms with Crippen LogP contribution in [-0.2, 0) is 13.6 Å². The van der Waals surface area contributed by atoms with Gasteiger partial charge in [0.2, 0.25) is 0 Å². The summed E-state index contributed by atoms with van der Waals surface area (Å²) in [5.74, 6) is 3.19. The van der Waals surface area contributed by atoms with Crippen LogP contribution in [0.15, 0.2) is 40.8 Å². The molecule has 1 aliphatic rings. The maximum Gasteiger partial charge on any atom is 0.127 e. The normalized spacial score (nSPS) is 19.3. The molecule has 3 aromatic rings. The first-order valence-electron chi connectivity index (χ1n) is 7.93. The molecular weight excluding hydrogens is 274 g/mol. The molecule has 1 aliphatic heterocycles. The summed E-state index contributed by atoms with van der Waals surface area (Å²) in [4.78, 5) is 7.37. The summed E-state index contributed by atoms with van der Waals surface area (Å²) in [7, 11) is 2.12. The van der Waals surface area contributed by atoms with Gasteiger partial charge < -0.3 is 8.98 Å². The fourth-order valence-electron chi connectivity index (χ4n) is 3.54. The molecule has 0 N–H and O–H groups in total. The van der Waals surface area contributed by atoms with Gasteiger partial charge in [-0.25, -0.2) is 4.98 Å². The molecule has 1 fully saturated rings. The van der Waals surface area contributed by atoms with E-state index in [1.165, 1.54) is 17.8 Å². The molecule has 0 radical (unpaired) electrons. The van der Waals surface area contributed by atoms with E-state index in [4.69, 9.17) is 9.40 Å². The van der Waals surface area contributed by atoms with Crippen LogP contribution in [0.4, 0.5) is 0 Å². The number of likely N-dealkylation sites (tertiary alicyclic amines) is 1. The minimum atomic E-state index is 0.378. The molecule has 0 saturated carbocycles. The van der Waals surface area contributed by atoms with Crippen LogP contribution in [0.1, 0.15) is 36.2 Å². The highest BCUT2D eigenvalue weighted by Crippen LogP contribution is 2.34. The fraction of sp³-hybridized carbons (Fsp3) is 0.389. The molecule has 0 aliphatic carbocycles. The Hall–Kier alpha value is -2.07. The molecular formula is C18H21N3O. The SMILES string of the molecule is Cc1ccc(CN2CCCC2c2nc3ccccc3n2C)o1. The monoisotopic (exact) mass is 295 g/mol. The van der Waals surface area contributed by atoms with Gasteiger partial charge in [0.25, 0.3) is 0 Å². The van der Waals surface area contributed by atoms with Crippen molar-refractivity contribution >= 4 is 11.0 Å². The molecule has 3 heterocycles. The van der Waals surface area contributed by atoms with E-state index in [1.54, 1.807) is 0 Å². The number of aryl methyl sites for hydroxylation is 2. The summed E-state index contributed by atoms with van der Waals surface area (Å²) < 4.78 is 7.99. The van der Waals surface area contributed by atoms with Crippen LogP contribution < -0.4 is 0 Å². The van der Waals surface area contributed by atoms with Gasteiger partial charge in [-0.3, -0.25) is 4.90 Å². The van der Waals surface area contributed by atoms with Gasteiger partial charge >= 0.3 is 0 Å². The summed E-state index contributed by atoms with van der Waals surface area (Å²) in [6.07, 6.45) is 2.38. The number of furan rings is 1. The Balaban J connectivity index is 1.66. The zero-order valence-corrected chi connectivity index (χ0v) is 13.1. The van der Waals surface area contributed by atoms with Crippen LogP contribution in [0.2, 0.25) is 0 Å². The molecule has 0 amide bonds. The third kappa shape index (κ3) is 2.24. The number of hydrogen-bond acceptors (Lipinski definition) is 3. The van der Waals surface area contributed by atoms with Gasteiger partial charge in [0.1, 0.15) is 17.3 Å². The number of aromatic nitrogens is 2. The molecule has 2 aromatic heterocycles. The van der Waals surface area contributed by atoms with Gasteiger partial charge in [-0.2, -0.15) is 0 Å². The molecule has 1 saturated heterocycles. The molecule has 1 unspecified atom stereocenters. The van der Waals surface area contributed by atoms with Crippen molar-refractivity contribution in [3.63, 3.8) is 0 Å². The topological polar surface area (TPSA) is 34.2 Å². The predicted molar refractivity (Wildman–Crippen MR) is 86.5 cm³/mol. The number of para-hydroxylation sites is 2. The van der Waals surface area contributed by atoms with E-state index in [-0.39, 0.29) is 0 Å². The van der Waals surface area contributed by atoms with Gasteiger partial charge in [0.05, 0.1) is 23.6 Å². The van der Waals surface area contributed by atoms with E-state index in [0.717, 1.165) is 36.5 Å². The fourth-order valence-corrected chi connectivity index (χ4v) is 3.54. The summed E-state index contributed by atoms with van der Waals surface area (Å²) in [6, 6.07) is 12.9. The van der Waals surface area contributed by atoms with Gasteiger partial charge in [0, 0.05) is 7.05 Å². The lowest BCUT2D eigenvalue weighted by molar-refractivity contribution is 0.217. The minimum absolute atomic E-state index is 0.378. The largest absolute Gasteiger partial charge is 0.465 e. The first-order valence-corrected chi connectivity index (χ1v) is 7.93. The van der Waals surface area contributed by atoms with E-state index < -0.39 is 0 Å². The van der Waals surface area contributed by atoms with Crippen molar-refractivity contribution in [2.45, 2.75) is 32.4 Å². The van der Waals surface area contributed by atoms with Crippen molar-refractivity contribution in [3.05, 3.63) is 53.7 Å². The lowest BCUT2D eigenvalue weighted by atomic mass is 10.2. The predicted octanol–water partition coefficient (Wildman–Crippen LogP) is 3.81. The van der Waals surface area contributed by atoms with Gasteiger partial charge in [-0.1, -0.05) is 12.1 Å². The highest BCUT2D eigenvalue weighted by Gasteiger charge is 2.30. The first-order chi connectivity index (χ1) is 10.7. The third-order valence-electron chi connectivity index (χ3n) is 4.64. The third-order valence-corrected chi connectivity index (χ3v) is 4.64. The van der Waals surface area contributed by atoms with E-state index in [1.807, 2.05) is 13.0 Å². The first kappa shape index (κ1) is 13.6. The highest BCUT2D eigenvalue weighted by atomic mass is 16.3. The standard InChI is InChI=1S/C18H21N3O/c1-13-9-10-14(22-13)12-21-11-5-8-17(21)18-19-15-6-3-4-7-16(15)20(18)2/h3-4,6-7,9-10,17H,5,8,11-12H2,1-2H3. The lowest BCUT2D eigenvalue weighted by Crippen LogP contribution is -2.24. The second-order valence-corrected chi connectivity index (χ2v) is 6.16. The smallest absolute Gasteiger partial charge is 0.127 e. The molecule has 22 heavy (non-hydrogen) atoms. The van der Waals surface area contributed by atoms with Crippen LogP contribution >= 0.6 is 0 Å². The van der Waals surface area contributed by atoms with Crippen LogP contribution in [-0.4, -0.2) is 21.0 Å². The van der Waals surface area contributed by atoms with Crippen molar-refractivity contribution in [2.75, 3.05) is 6.54 Å². The zero-order valence-electron chi connectivity index (χ0n) is 13.1. The van der Waals surface area contributed by atoms with Gasteiger partial charge in [-0.05, 0) is 50.6 Å². The van der Waals surface area contributed by atoms with Gasteiger partial charge in [-0.15, -0.1) is 0 Å². The Labute approximate surface area is 130 Å². The Morgan fingerprint density at radius 2 is 2.09 bits per heavy atom. The summed E-state index contributed by atoms with van der Waals surface area (Å²) in [5, 5.41) is 0. The quantitative estimate of drug-likeness (QED) is 0.737. The van der Waals surface area contributed by atoms with Crippen molar-refractivity contribution in [1.29, 1.82) is 0 Å². The van der Waals surface area contributed by atoms with E-state index >= 15 is 0 Å². The molecule has 1 atom stereocenters. The van der Waals surface area contributed by atoms with E-state index in [0.29, 0.717) is 6.04 Å². The van der Waals surface area contributed by atoms with Crippen molar-refractivity contribution in [3.8, 4) is 0 Å². The number of imidazole rings is 1. The lowest BCUT2D eigenvalue weighted by Gasteiger charge is -2.23. The Morgan fingerprint density at radius 3 is 2.86 bits per heavy atom. The average molecular weight is 295 g/mol. The Bertz CT molecular complexity index is 802. The molecule has 0 spiro atoms. The second kappa shape index (κ2) is 5.29. The number of rotatable bonds is 3. The Morgan fingerprint density at radius 1 is 1.23 bits per heavy atom. The molecule has 0 bridgehead atoms.